The van der Waals surface area contributed by atoms with Gasteiger partial charge in [-0.15, -0.1) is 10.2 Å². The van der Waals surface area contributed by atoms with Gasteiger partial charge in [0, 0.05) is 28.9 Å². The number of rotatable bonds is 3. The normalized spacial score (nSPS) is 18.0. The van der Waals surface area contributed by atoms with Crippen LogP contribution in [-0.4, -0.2) is 46.4 Å². The number of fused-ring (bicyclic) bond motifs is 1. The van der Waals surface area contributed by atoms with Crippen LogP contribution in [0, 0.1) is 6.92 Å². The van der Waals surface area contributed by atoms with Crippen LogP contribution < -0.4 is 5.32 Å². The van der Waals surface area contributed by atoms with Crippen LogP contribution in [0.1, 0.15) is 18.4 Å². The summed E-state index contributed by atoms with van der Waals surface area (Å²) in [4.78, 5) is 2.32. The molecule has 6 heteroatoms. The fourth-order valence-electron chi connectivity index (χ4n) is 3.79. The summed E-state index contributed by atoms with van der Waals surface area (Å²) in [7, 11) is 2.13. The summed E-state index contributed by atoms with van der Waals surface area (Å²) in [6, 6.07) is 11.6. The standard InChI is InChI=1S/C21H23ClN4O/c1-13-8-9-15(18(27)11-13)20-16-6-3-7-17(22)19(16)21(25-24-20)23-14-5-4-10-26(2)12-14/h3,6-9,11,14,27H,4-5,10,12H2,1-2H3,(H,23,25)/t14-/m1/s1. The third-order valence-electron chi connectivity index (χ3n) is 5.13. The number of phenols is 1. The molecule has 1 saturated heterocycles. The van der Waals surface area contributed by atoms with E-state index >= 15 is 0 Å². The number of aromatic nitrogens is 2. The highest BCUT2D eigenvalue weighted by atomic mass is 35.5. The van der Waals surface area contributed by atoms with Gasteiger partial charge in [0.2, 0.25) is 0 Å². The molecule has 4 rings (SSSR count). The lowest BCUT2D eigenvalue weighted by Gasteiger charge is -2.30. The van der Waals surface area contributed by atoms with Crippen molar-refractivity contribution in [1.29, 1.82) is 0 Å². The summed E-state index contributed by atoms with van der Waals surface area (Å²) in [5, 5.41) is 25.2. The van der Waals surface area contributed by atoms with E-state index in [1.165, 1.54) is 0 Å². The predicted molar refractivity (Wildman–Crippen MR) is 111 cm³/mol. The second kappa shape index (κ2) is 7.33. The van der Waals surface area contributed by atoms with Gasteiger partial charge >= 0.3 is 0 Å². The van der Waals surface area contributed by atoms with Gasteiger partial charge in [0.25, 0.3) is 0 Å². The SMILES string of the molecule is Cc1ccc(-c2nnc(N[C@@H]3CCCN(C)C3)c3c(Cl)cccc23)c(O)c1. The first-order chi connectivity index (χ1) is 13.0. The van der Waals surface area contributed by atoms with E-state index in [-0.39, 0.29) is 5.75 Å². The van der Waals surface area contributed by atoms with Crippen molar-refractivity contribution in [2.45, 2.75) is 25.8 Å². The Morgan fingerprint density at radius 2 is 2.07 bits per heavy atom. The van der Waals surface area contributed by atoms with Crippen molar-refractivity contribution in [2.24, 2.45) is 0 Å². The molecule has 1 aliphatic heterocycles. The zero-order valence-corrected chi connectivity index (χ0v) is 16.3. The van der Waals surface area contributed by atoms with Crippen molar-refractivity contribution in [2.75, 3.05) is 25.5 Å². The fraction of sp³-hybridized carbons (Fsp3) is 0.333. The Kier molecular flexibility index (Phi) is 4.89. The van der Waals surface area contributed by atoms with Crippen molar-refractivity contribution in [3.8, 4) is 17.0 Å². The first kappa shape index (κ1) is 18.0. The minimum atomic E-state index is 0.195. The van der Waals surface area contributed by atoms with E-state index in [0.29, 0.717) is 28.1 Å². The minimum Gasteiger partial charge on any atom is -0.507 e. The maximum absolute atomic E-state index is 10.4. The lowest BCUT2D eigenvalue weighted by atomic mass is 10.0. The summed E-state index contributed by atoms with van der Waals surface area (Å²) in [6.07, 6.45) is 2.25. The molecule has 1 aliphatic rings. The van der Waals surface area contributed by atoms with E-state index in [1.807, 2.05) is 37.3 Å². The Balaban J connectivity index is 1.81. The first-order valence-electron chi connectivity index (χ1n) is 9.23. The maximum Gasteiger partial charge on any atom is 0.158 e. The van der Waals surface area contributed by atoms with E-state index < -0.39 is 0 Å². The van der Waals surface area contributed by atoms with Crippen molar-refractivity contribution in [3.05, 3.63) is 47.0 Å². The molecule has 27 heavy (non-hydrogen) atoms. The first-order valence-corrected chi connectivity index (χ1v) is 9.60. The summed E-state index contributed by atoms with van der Waals surface area (Å²) in [5.74, 6) is 0.895. The lowest BCUT2D eigenvalue weighted by Crippen LogP contribution is -2.40. The molecule has 0 unspecified atom stereocenters. The average molecular weight is 383 g/mol. The van der Waals surface area contributed by atoms with Crippen LogP contribution in [0.5, 0.6) is 5.75 Å². The second-order valence-corrected chi connectivity index (χ2v) is 7.73. The number of likely N-dealkylation sites (tertiary alicyclic amines) is 1. The molecule has 1 aromatic heterocycles. The van der Waals surface area contributed by atoms with Gasteiger partial charge in [-0.25, -0.2) is 0 Å². The van der Waals surface area contributed by atoms with Gasteiger partial charge in [0.1, 0.15) is 11.4 Å². The lowest BCUT2D eigenvalue weighted by molar-refractivity contribution is 0.261. The van der Waals surface area contributed by atoms with E-state index in [9.17, 15) is 5.11 Å². The van der Waals surface area contributed by atoms with Gasteiger partial charge in [0.05, 0.1) is 5.02 Å². The molecule has 0 spiro atoms. The number of nitrogens with one attached hydrogen (secondary N) is 1. The highest BCUT2D eigenvalue weighted by Gasteiger charge is 2.21. The Labute approximate surface area is 164 Å². The predicted octanol–water partition coefficient (Wildman–Crippen LogP) is 4.47. The Morgan fingerprint density at radius 3 is 2.85 bits per heavy atom. The number of hydrogen-bond acceptors (Lipinski definition) is 5. The number of hydrogen-bond donors (Lipinski definition) is 2. The van der Waals surface area contributed by atoms with Crippen LogP contribution in [0.15, 0.2) is 36.4 Å². The highest BCUT2D eigenvalue weighted by molar-refractivity contribution is 6.37. The highest BCUT2D eigenvalue weighted by Crippen LogP contribution is 2.38. The molecule has 0 aliphatic carbocycles. The molecule has 2 heterocycles. The molecule has 1 fully saturated rings. The molecule has 0 amide bonds. The van der Waals surface area contributed by atoms with Gasteiger partial charge in [-0.2, -0.15) is 0 Å². The van der Waals surface area contributed by atoms with Crippen molar-refractivity contribution >= 4 is 28.2 Å². The molecule has 0 saturated carbocycles. The van der Waals surface area contributed by atoms with Crippen LogP contribution in [0.4, 0.5) is 5.82 Å². The zero-order valence-electron chi connectivity index (χ0n) is 15.5. The quantitative estimate of drug-likeness (QED) is 0.699. The Morgan fingerprint density at radius 1 is 1.22 bits per heavy atom. The van der Waals surface area contributed by atoms with Gasteiger partial charge in [-0.3, -0.25) is 0 Å². The van der Waals surface area contributed by atoms with Crippen LogP contribution in [0.25, 0.3) is 22.0 Å². The largest absolute Gasteiger partial charge is 0.507 e. The van der Waals surface area contributed by atoms with Crippen LogP contribution >= 0.6 is 11.6 Å². The van der Waals surface area contributed by atoms with Crippen LogP contribution in [-0.2, 0) is 0 Å². The van der Waals surface area contributed by atoms with Crippen LogP contribution in [0.2, 0.25) is 5.02 Å². The maximum atomic E-state index is 10.4. The van der Waals surface area contributed by atoms with E-state index in [4.69, 9.17) is 11.6 Å². The number of aromatic hydroxyl groups is 1. The third kappa shape index (κ3) is 3.57. The van der Waals surface area contributed by atoms with Crippen molar-refractivity contribution < 1.29 is 5.11 Å². The topological polar surface area (TPSA) is 61.3 Å². The Bertz CT molecular complexity index is 991. The number of anilines is 1. The molecular weight excluding hydrogens is 360 g/mol. The number of nitrogens with zero attached hydrogens (tertiary/aromatic N) is 3. The van der Waals surface area contributed by atoms with Crippen LogP contribution in [0.3, 0.4) is 0 Å². The fourth-order valence-corrected chi connectivity index (χ4v) is 4.05. The van der Waals surface area contributed by atoms with Gasteiger partial charge in [0.15, 0.2) is 5.82 Å². The number of piperidine rings is 1. The molecule has 2 N–H and O–H groups in total. The summed E-state index contributed by atoms with van der Waals surface area (Å²) < 4.78 is 0. The number of aryl methyl sites for hydroxylation is 1. The van der Waals surface area contributed by atoms with E-state index in [1.54, 1.807) is 6.07 Å². The second-order valence-electron chi connectivity index (χ2n) is 7.33. The number of benzene rings is 2. The zero-order chi connectivity index (χ0) is 19.0. The average Bonchev–Trinajstić information content (AvgIpc) is 2.63. The van der Waals surface area contributed by atoms with Gasteiger partial charge < -0.3 is 15.3 Å². The molecule has 1 atom stereocenters. The molecule has 2 aromatic carbocycles. The van der Waals surface area contributed by atoms with Gasteiger partial charge in [-0.1, -0.05) is 29.8 Å². The summed E-state index contributed by atoms with van der Waals surface area (Å²) >= 11 is 6.55. The minimum absolute atomic E-state index is 0.195. The van der Waals surface area contributed by atoms with Gasteiger partial charge in [-0.05, 0) is 57.1 Å². The van der Waals surface area contributed by atoms with Crippen molar-refractivity contribution in [3.63, 3.8) is 0 Å². The smallest absolute Gasteiger partial charge is 0.158 e. The molecule has 0 radical (unpaired) electrons. The monoisotopic (exact) mass is 382 g/mol. The number of halogens is 1. The molecule has 140 valence electrons. The van der Waals surface area contributed by atoms with E-state index in [2.05, 4.69) is 27.5 Å². The third-order valence-corrected chi connectivity index (χ3v) is 5.44. The van der Waals surface area contributed by atoms with E-state index in [0.717, 1.165) is 42.3 Å². The van der Waals surface area contributed by atoms with Crippen molar-refractivity contribution in [1.82, 2.24) is 15.1 Å². The Hall–Kier alpha value is -2.37. The molecule has 3 aromatic rings. The number of likely N-dealkylation sites (N-methyl/N-ethyl adjacent to an activating group) is 1. The summed E-state index contributed by atoms with van der Waals surface area (Å²) in [6.45, 7) is 4.03. The summed E-state index contributed by atoms with van der Waals surface area (Å²) in [5.41, 5.74) is 2.28. The molecular formula is C21H23ClN4O. The molecule has 0 bridgehead atoms. The molecule has 5 nitrogen and oxygen atoms in total. The number of phenolic OH excluding ortho intramolecular Hbond substituents is 1.